The molecule has 0 aliphatic carbocycles. The van der Waals surface area contributed by atoms with E-state index >= 15 is 0 Å². The lowest BCUT2D eigenvalue weighted by atomic mass is 9.94. The monoisotopic (exact) mass is 409 g/mol. The Morgan fingerprint density at radius 1 is 1.17 bits per heavy atom. The molecule has 3 rings (SSSR count). The van der Waals surface area contributed by atoms with Gasteiger partial charge in [0, 0.05) is 18.2 Å². The summed E-state index contributed by atoms with van der Waals surface area (Å²) in [6.07, 6.45) is -3.42. The van der Waals surface area contributed by atoms with E-state index in [4.69, 9.17) is 9.47 Å². The third kappa shape index (κ3) is 4.32. The maximum Gasteiger partial charge on any atom is 0.416 e. The summed E-state index contributed by atoms with van der Waals surface area (Å²) in [7, 11) is 2.96. The summed E-state index contributed by atoms with van der Waals surface area (Å²) in [6, 6.07) is 8.54. The molecule has 0 spiro atoms. The molecule has 156 valence electrons. The van der Waals surface area contributed by atoms with Crippen LogP contribution in [0.5, 0.6) is 11.5 Å². The van der Waals surface area contributed by atoms with Gasteiger partial charge in [0.15, 0.2) is 0 Å². The van der Waals surface area contributed by atoms with Gasteiger partial charge in [0.05, 0.1) is 25.8 Å². The van der Waals surface area contributed by atoms with Crippen LogP contribution in [0.4, 0.5) is 13.2 Å². The van der Waals surface area contributed by atoms with E-state index < -0.39 is 29.8 Å². The topological polar surface area (TPSA) is 59.0 Å². The van der Waals surface area contributed by atoms with E-state index in [9.17, 15) is 23.1 Å². The lowest BCUT2D eigenvalue weighted by Crippen LogP contribution is -2.39. The zero-order valence-electron chi connectivity index (χ0n) is 16.1. The van der Waals surface area contributed by atoms with Crippen molar-refractivity contribution in [2.75, 3.05) is 20.8 Å². The van der Waals surface area contributed by atoms with Crippen molar-refractivity contribution < 1.29 is 32.5 Å². The Balaban J connectivity index is 2.17. The molecule has 0 radical (unpaired) electrons. The molecule has 1 heterocycles. The molecule has 1 saturated heterocycles. The van der Waals surface area contributed by atoms with Crippen LogP contribution < -0.4 is 9.47 Å². The van der Waals surface area contributed by atoms with Crippen LogP contribution in [-0.4, -0.2) is 42.8 Å². The molecule has 0 saturated carbocycles. The summed E-state index contributed by atoms with van der Waals surface area (Å²) in [5.41, 5.74) is 0.163. The summed E-state index contributed by atoms with van der Waals surface area (Å²) in [5, 5.41) is 9.65. The summed E-state index contributed by atoms with van der Waals surface area (Å²) < 4.78 is 50.6. The number of benzene rings is 2. The summed E-state index contributed by atoms with van der Waals surface area (Å²) in [4.78, 5) is 13.5. The van der Waals surface area contributed by atoms with E-state index in [1.54, 1.807) is 29.2 Å². The van der Waals surface area contributed by atoms with Crippen LogP contribution in [0.3, 0.4) is 0 Å². The normalized spacial score (nSPS) is 18.4. The molecule has 2 aromatic carbocycles. The molecule has 8 heteroatoms. The van der Waals surface area contributed by atoms with Gasteiger partial charge in [-0.05, 0) is 42.7 Å². The Morgan fingerprint density at radius 2 is 1.93 bits per heavy atom. The van der Waals surface area contributed by atoms with Gasteiger partial charge in [-0.3, -0.25) is 9.69 Å². The Bertz CT molecular complexity index is 884. The van der Waals surface area contributed by atoms with Gasteiger partial charge in [0.1, 0.15) is 17.5 Å². The summed E-state index contributed by atoms with van der Waals surface area (Å²) >= 11 is 0. The number of carboxylic acids is 1. The maximum absolute atomic E-state index is 13.3. The fraction of sp³-hybridized carbons (Fsp3) is 0.381. The van der Waals surface area contributed by atoms with E-state index in [0.717, 1.165) is 12.1 Å². The predicted octanol–water partition coefficient (Wildman–Crippen LogP) is 4.36. The third-order valence-corrected chi connectivity index (χ3v) is 5.18. The van der Waals surface area contributed by atoms with Crippen LogP contribution in [-0.2, 0) is 11.0 Å². The largest absolute Gasteiger partial charge is 0.497 e. The number of carboxylic acid groups (broad SMARTS) is 1. The Kier molecular flexibility index (Phi) is 6.02. The zero-order chi connectivity index (χ0) is 21.2. The van der Waals surface area contributed by atoms with Crippen molar-refractivity contribution in [3.63, 3.8) is 0 Å². The molecule has 0 bridgehead atoms. The lowest BCUT2D eigenvalue weighted by molar-refractivity contribution is -0.143. The molecular formula is C21H22F3NO4. The smallest absolute Gasteiger partial charge is 0.416 e. The maximum atomic E-state index is 13.3. The quantitative estimate of drug-likeness (QED) is 0.768. The van der Waals surface area contributed by atoms with E-state index in [-0.39, 0.29) is 0 Å². The lowest BCUT2D eigenvalue weighted by Gasteiger charge is -2.33. The molecule has 0 aromatic heterocycles. The van der Waals surface area contributed by atoms with Crippen molar-refractivity contribution in [3.05, 3.63) is 59.2 Å². The molecule has 1 N–H and O–H groups in total. The number of hydrogen-bond acceptors (Lipinski definition) is 4. The number of nitrogens with zero attached hydrogens (tertiary/aromatic N) is 1. The van der Waals surface area contributed by atoms with E-state index in [1.165, 1.54) is 20.3 Å². The summed E-state index contributed by atoms with van der Waals surface area (Å²) in [5.74, 6) is -0.0423. The van der Waals surface area contributed by atoms with Crippen molar-refractivity contribution in [2.45, 2.75) is 31.1 Å². The van der Waals surface area contributed by atoms with Crippen LogP contribution in [0.1, 0.15) is 35.6 Å². The van der Waals surface area contributed by atoms with Crippen LogP contribution in [0.15, 0.2) is 42.5 Å². The Hall–Kier alpha value is -2.74. The van der Waals surface area contributed by atoms with Crippen LogP contribution in [0.25, 0.3) is 0 Å². The highest BCUT2D eigenvalue weighted by atomic mass is 19.4. The van der Waals surface area contributed by atoms with Crippen molar-refractivity contribution in [2.24, 2.45) is 0 Å². The van der Waals surface area contributed by atoms with Gasteiger partial charge in [-0.1, -0.05) is 12.1 Å². The first kappa shape index (κ1) is 21.0. The van der Waals surface area contributed by atoms with Crippen molar-refractivity contribution >= 4 is 5.97 Å². The molecule has 0 amide bonds. The minimum absolute atomic E-state index is 0.358. The zero-order valence-corrected chi connectivity index (χ0v) is 16.1. The molecular weight excluding hydrogens is 387 g/mol. The number of halogens is 3. The van der Waals surface area contributed by atoms with Crippen molar-refractivity contribution in [1.29, 1.82) is 0 Å². The standard InChI is InChI=1S/C21H22F3NO4/c1-28-15-8-9-16(18(12-15)29-2)19(25-10-4-7-17(25)20(26)27)13-5-3-6-14(11-13)21(22,23)24/h3,5-6,8-9,11-12,17,19H,4,7,10H2,1-2H3,(H,26,27). The number of aliphatic carboxylic acids is 1. The van der Waals surface area contributed by atoms with E-state index in [2.05, 4.69) is 0 Å². The van der Waals surface area contributed by atoms with Gasteiger partial charge in [-0.25, -0.2) is 0 Å². The molecule has 1 fully saturated rings. The Morgan fingerprint density at radius 3 is 2.55 bits per heavy atom. The molecule has 2 unspecified atom stereocenters. The first-order chi connectivity index (χ1) is 13.8. The second-order valence-electron chi connectivity index (χ2n) is 6.87. The Labute approximate surface area is 166 Å². The summed E-state index contributed by atoms with van der Waals surface area (Å²) in [6.45, 7) is 0.451. The highest BCUT2D eigenvalue weighted by Gasteiger charge is 2.39. The van der Waals surface area contributed by atoms with E-state index in [0.29, 0.717) is 42.0 Å². The van der Waals surface area contributed by atoms with Crippen LogP contribution >= 0.6 is 0 Å². The molecule has 29 heavy (non-hydrogen) atoms. The highest BCUT2D eigenvalue weighted by Crippen LogP contribution is 2.41. The van der Waals surface area contributed by atoms with E-state index in [1.807, 2.05) is 0 Å². The second-order valence-corrected chi connectivity index (χ2v) is 6.87. The van der Waals surface area contributed by atoms with Gasteiger partial charge in [-0.2, -0.15) is 13.2 Å². The number of methoxy groups -OCH3 is 2. The van der Waals surface area contributed by atoms with Crippen molar-refractivity contribution in [3.8, 4) is 11.5 Å². The molecule has 1 aliphatic heterocycles. The number of rotatable bonds is 6. The van der Waals surface area contributed by atoms with Gasteiger partial charge < -0.3 is 14.6 Å². The van der Waals surface area contributed by atoms with Crippen LogP contribution in [0, 0.1) is 0 Å². The number of carbonyl (C=O) groups is 1. The average molecular weight is 409 g/mol. The SMILES string of the molecule is COc1ccc(C(c2cccc(C(F)(F)F)c2)N2CCCC2C(=O)O)c(OC)c1. The third-order valence-electron chi connectivity index (χ3n) is 5.18. The fourth-order valence-electron chi connectivity index (χ4n) is 3.84. The van der Waals surface area contributed by atoms with Gasteiger partial charge in [0.25, 0.3) is 0 Å². The molecule has 1 aliphatic rings. The van der Waals surface area contributed by atoms with Gasteiger partial charge in [-0.15, -0.1) is 0 Å². The number of hydrogen-bond donors (Lipinski definition) is 1. The number of ether oxygens (including phenoxy) is 2. The highest BCUT2D eigenvalue weighted by molar-refractivity contribution is 5.74. The minimum atomic E-state index is -4.50. The molecule has 2 aromatic rings. The average Bonchev–Trinajstić information content (AvgIpc) is 3.17. The molecule has 5 nitrogen and oxygen atoms in total. The second kappa shape index (κ2) is 8.32. The van der Waals surface area contributed by atoms with Gasteiger partial charge >= 0.3 is 12.1 Å². The number of alkyl halides is 3. The molecule has 2 atom stereocenters. The first-order valence-corrected chi connectivity index (χ1v) is 9.14. The minimum Gasteiger partial charge on any atom is -0.497 e. The number of likely N-dealkylation sites (tertiary alicyclic amines) is 1. The van der Waals surface area contributed by atoms with Crippen LogP contribution in [0.2, 0.25) is 0 Å². The predicted molar refractivity (Wildman–Crippen MR) is 100 cm³/mol. The van der Waals surface area contributed by atoms with Crippen molar-refractivity contribution in [1.82, 2.24) is 4.90 Å². The van der Waals surface area contributed by atoms with Gasteiger partial charge in [0.2, 0.25) is 0 Å². The fourth-order valence-corrected chi connectivity index (χ4v) is 3.84. The first-order valence-electron chi connectivity index (χ1n) is 9.14.